The number of anilines is 1. The number of fused-ring (bicyclic) bond motifs is 1. The molecule has 2 aromatic rings. The first kappa shape index (κ1) is 18.2. The molecule has 144 valence electrons. The van der Waals surface area contributed by atoms with E-state index >= 15 is 0 Å². The fourth-order valence-corrected chi connectivity index (χ4v) is 5.39. The van der Waals surface area contributed by atoms with Gasteiger partial charge in [-0.05, 0) is 55.4 Å². The van der Waals surface area contributed by atoms with Crippen molar-refractivity contribution in [3.63, 3.8) is 0 Å². The molecule has 1 aromatic heterocycles. The normalized spacial score (nSPS) is 18.3. The number of benzene rings is 1. The molecule has 27 heavy (non-hydrogen) atoms. The number of nitrogens with one attached hydrogen (secondary N) is 1. The number of piperidine rings is 1. The van der Waals surface area contributed by atoms with Crippen molar-refractivity contribution < 1.29 is 13.2 Å². The summed E-state index contributed by atoms with van der Waals surface area (Å²) in [6.07, 6.45) is 7.76. The molecule has 2 heterocycles. The second-order valence-electron chi connectivity index (χ2n) is 7.02. The Morgan fingerprint density at radius 3 is 2.63 bits per heavy atom. The van der Waals surface area contributed by atoms with E-state index in [2.05, 4.69) is 15.3 Å². The standard InChI is InChI=1S/C19H24N4O3S/c1-26-19-18(20-9-10-21-19)22-16-7-11-23(12-8-16)27(24,25)17-6-5-14-3-2-4-15(14)13-17/h5-6,9-10,13,16H,2-4,7-8,11-12H2,1H3,(H,20,22). The molecule has 2 aliphatic rings. The molecule has 4 rings (SSSR count). The Labute approximate surface area is 159 Å². The number of aromatic nitrogens is 2. The van der Waals surface area contributed by atoms with Gasteiger partial charge in [-0.1, -0.05) is 6.07 Å². The summed E-state index contributed by atoms with van der Waals surface area (Å²) in [5.74, 6) is 1.05. The summed E-state index contributed by atoms with van der Waals surface area (Å²) in [6, 6.07) is 5.74. The predicted octanol–water partition coefficient (Wildman–Crippen LogP) is 2.24. The molecule has 1 aliphatic heterocycles. The van der Waals surface area contributed by atoms with Crippen LogP contribution >= 0.6 is 0 Å². The van der Waals surface area contributed by atoms with Gasteiger partial charge >= 0.3 is 0 Å². The lowest BCUT2D eigenvalue weighted by atomic mass is 10.1. The first-order valence-corrected chi connectivity index (χ1v) is 10.8. The second kappa shape index (κ2) is 7.44. The molecule has 0 bridgehead atoms. The monoisotopic (exact) mass is 388 g/mol. The van der Waals surface area contributed by atoms with Gasteiger partial charge in [-0.2, -0.15) is 4.31 Å². The molecule has 1 aromatic carbocycles. The van der Waals surface area contributed by atoms with E-state index in [1.165, 1.54) is 11.1 Å². The smallest absolute Gasteiger partial charge is 0.257 e. The van der Waals surface area contributed by atoms with Gasteiger partial charge in [-0.25, -0.2) is 18.4 Å². The van der Waals surface area contributed by atoms with Crippen molar-refractivity contribution in [1.82, 2.24) is 14.3 Å². The van der Waals surface area contributed by atoms with Gasteiger partial charge in [-0.3, -0.25) is 0 Å². The maximum atomic E-state index is 13.0. The van der Waals surface area contributed by atoms with Crippen molar-refractivity contribution in [2.75, 3.05) is 25.5 Å². The number of ether oxygens (including phenoxy) is 1. The molecular formula is C19H24N4O3S. The lowest BCUT2D eigenvalue weighted by molar-refractivity contribution is 0.328. The van der Waals surface area contributed by atoms with Gasteiger partial charge < -0.3 is 10.1 Å². The molecule has 0 radical (unpaired) electrons. The van der Waals surface area contributed by atoms with Crippen LogP contribution in [0.3, 0.4) is 0 Å². The third-order valence-electron chi connectivity index (χ3n) is 5.36. The third-order valence-corrected chi connectivity index (χ3v) is 7.26. The first-order chi connectivity index (χ1) is 13.1. The number of rotatable bonds is 5. The van der Waals surface area contributed by atoms with E-state index in [1.54, 1.807) is 29.9 Å². The van der Waals surface area contributed by atoms with Gasteiger partial charge in [0.05, 0.1) is 12.0 Å². The number of nitrogens with zero attached hydrogens (tertiary/aromatic N) is 3. The highest BCUT2D eigenvalue weighted by Crippen LogP contribution is 2.28. The van der Waals surface area contributed by atoms with Crippen molar-refractivity contribution in [1.29, 1.82) is 0 Å². The van der Waals surface area contributed by atoms with Crippen LogP contribution in [0.15, 0.2) is 35.5 Å². The van der Waals surface area contributed by atoms with E-state index in [0.29, 0.717) is 42.5 Å². The lowest BCUT2D eigenvalue weighted by Gasteiger charge is -2.32. The van der Waals surface area contributed by atoms with Crippen molar-refractivity contribution in [2.45, 2.75) is 43.0 Å². The molecular weight excluding hydrogens is 364 g/mol. The number of hydrogen-bond acceptors (Lipinski definition) is 6. The largest absolute Gasteiger partial charge is 0.478 e. The van der Waals surface area contributed by atoms with Gasteiger partial charge in [-0.15, -0.1) is 0 Å². The lowest BCUT2D eigenvalue weighted by Crippen LogP contribution is -2.42. The zero-order valence-corrected chi connectivity index (χ0v) is 16.2. The summed E-state index contributed by atoms with van der Waals surface area (Å²) in [4.78, 5) is 8.81. The van der Waals surface area contributed by atoms with Gasteiger partial charge in [0.25, 0.3) is 5.88 Å². The minimum absolute atomic E-state index is 0.141. The van der Waals surface area contributed by atoms with Crippen LogP contribution in [0.4, 0.5) is 5.82 Å². The molecule has 1 fully saturated rings. The quantitative estimate of drug-likeness (QED) is 0.846. The Balaban J connectivity index is 1.42. The molecule has 0 saturated carbocycles. The number of methoxy groups -OCH3 is 1. The summed E-state index contributed by atoms with van der Waals surface area (Å²) in [6.45, 7) is 0.972. The SMILES string of the molecule is COc1nccnc1NC1CCN(S(=O)(=O)c2ccc3c(c2)CCC3)CC1. The van der Waals surface area contributed by atoms with Gasteiger partial charge in [0.15, 0.2) is 5.82 Å². The second-order valence-corrected chi connectivity index (χ2v) is 8.96. The predicted molar refractivity (Wildman–Crippen MR) is 102 cm³/mol. The van der Waals surface area contributed by atoms with Crippen LogP contribution in [0.5, 0.6) is 5.88 Å². The fourth-order valence-electron chi connectivity index (χ4n) is 3.87. The Hall–Kier alpha value is -2.19. The highest BCUT2D eigenvalue weighted by atomic mass is 32.2. The molecule has 0 atom stereocenters. The Bertz CT molecular complexity index is 924. The minimum atomic E-state index is -3.44. The van der Waals surface area contributed by atoms with E-state index in [-0.39, 0.29) is 6.04 Å². The van der Waals surface area contributed by atoms with Crippen molar-refractivity contribution in [2.24, 2.45) is 0 Å². The van der Waals surface area contributed by atoms with Crippen LogP contribution in [0.2, 0.25) is 0 Å². The zero-order chi connectivity index (χ0) is 18.9. The highest BCUT2D eigenvalue weighted by Gasteiger charge is 2.30. The highest BCUT2D eigenvalue weighted by molar-refractivity contribution is 7.89. The molecule has 0 spiro atoms. The maximum Gasteiger partial charge on any atom is 0.257 e. The third kappa shape index (κ3) is 3.64. The van der Waals surface area contributed by atoms with Crippen LogP contribution in [-0.2, 0) is 22.9 Å². The molecule has 0 unspecified atom stereocenters. The summed E-state index contributed by atoms with van der Waals surface area (Å²) >= 11 is 0. The average molecular weight is 388 g/mol. The molecule has 7 nitrogen and oxygen atoms in total. The van der Waals surface area contributed by atoms with Gasteiger partial charge in [0.1, 0.15) is 0 Å². The molecule has 1 N–H and O–H groups in total. The number of hydrogen-bond donors (Lipinski definition) is 1. The van der Waals surface area contributed by atoms with Crippen molar-refractivity contribution in [3.05, 3.63) is 41.7 Å². The zero-order valence-electron chi connectivity index (χ0n) is 15.4. The van der Waals surface area contributed by atoms with Crippen molar-refractivity contribution >= 4 is 15.8 Å². The molecule has 0 amide bonds. The van der Waals surface area contributed by atoms with Gasteiger partial charge in [0.2, 0.25) is 10.0 Å². The number of sulfonamides is 1. The minimum Gasteiger partial charge on any atom is -0.478 e. The van der Waals surface area contributed by atoms with Crippen molar-refractivity contribution in [3.8, 4) is 5.88 Å². The van der Waals surface area contributed by atoms with E-state index in [1.807, 2.05) is 12.1 Å². The number of aryl methyl sites for hydroxylation is 2. The summed E-state index contributed by atoms with van der Waals surface area (Å²) in [5.41, 5.74) is 2.47. The van der Waals surface area contributed by atoms with E-state index < -0.39 is 10.0 Å². The van der Waals surface area contributed by atoms with E-state index in [9.17, 15) is 8.42 Å². The average Bonchev–Trinajstić information content (AvgIpc) is 3.17. The van der Waals surface area contributed by atoms with Crippen LogP contribution in [0.1, 0.15) is 30.4 Å². The van der Waals surface area contributed by atoms with E-state index in [4.69, 9.17) is 4.74 Å². The Morgan fingerprint density at radius 2 is 1.85 bits per heavy atom. The summed E-state index contributed by atoms with van der Waals surface area (Å²) in [5, 5.41) is 3.33. The summed E-state index contributed by atoms with van der Waals surface area (Å²) in [7, 11) is -1.88. The molecule has 1 aliphatic carbocycles. The Kier molecular flexibility index (Phi) is 5.01. The molecule has 8 heteroatoms. The van der Waals surface area contributed by atoms with Crippen LogP contribution in [0.25, 0.3) is 0 Å². The van der Waals surface area contributed by atoms with Crippen LogP contribution < -0.4 is 10.1 Å². The topological polar surface area (TPSA) is 84.4 Å². The summed E-state index contributed by atoms with van der Waals surface area (Å²) < 4.78 is 32.8. The maximum absolute atomic E-state index is 13.0. The van der Waals surface area contributed by atoms with E-state index in [0.717, 1.165) is 19.3 Å². The first-order valence-electron chi connectivity index (χ1n) is 9.31. The molecule has 1 saturated heterocycles. The van der Waals surface area contributed by atoms with Crippen LogP contribution in [-0.4, -0.2) is 48.9 Å². The van der Waals surface area contributed by atoms with Crippen LogP contribution in [0, 0.1) is 0 Å². The fraction of sp³-hybridized carbons (Fsp3) is 0.474. The Morgan fingerprint density at radius 1 is 1.11 bits per heavy atom. The van der Waals surface area contributed by atoms with Gasteiger partial charge in [0, 0.05) is 31.5 Å².